The summed E-state index contributed by atoms with van der Waals surface area (Å²) in [7, 11) is 0. The fraction of sp³-hybridized carbons (Fsp3) is 0.0909. The Morgan fingerprint density at radius 1 is 1.25 bits per heavy atom. The Morgan fingerprint density at radius 3 is 2.56 bits per heavy atom. The zero-order chi connectivity index (χ0) is 11.5. The number of benzene rings is 1. The molecule has 1 aromatic carbocycles. The van der Waals surface area contributed by atoms with Crippen molar-refractivity contribution < 1.29 is 4.74 Å². The van der Waals surface area contributed by atoms with Gasteiger partial charge in [-0.2, -0.15) is 0 Å². The predicted molar refractivity (Wildman–Crippen MR) is 65.4 cm³/mol. The maximum atomic E-state index is 5.62. The van der Waals surface area contributed by atoms with Gasteiger partial charge in [-0.3, -0.25) is 0 Å². The Balaban J connectivity index is 2.23. The number of anilines is 1. The quantitative estimate of drug-likeness (QED) is 0.918. The first kappa shape index (κ1) is 10.9. The Morgan fingerprint density at radius 2 is 1.94 bits per heavy atom. The molecule has 0 bridgehead atoms. The van der Waals surface area contributed by atoms with E-state index in [-0.39, 0.29) is 5.95 Å². The summed E-state index contributed by atoms with van der Waals surface area (Å²) in [6.45, 7) is 1.83. The molecule has 2 N–H and O–H groups in total. The molecule has 0 unspecified atom stereocenters. The summed E-state index contributed by atoms with van der Waals surface area (Å²) in [5, 5.41) is 0. The minimum atomic E-state index is 0.251. The van der Waals surface area contributed by atoms with E-state index < -0.39 is 0 Å². The molecule has 1 aromatic heterocycles. The fourth-order valence-electron chi connectivity index (χ4n) is 1.20. The Hall–Kier alpha value is -1.62. The number of halogens is 1. The molecule has 0 amide bonds. The highest BCUT2D eigenvalue weighted by molar-refractivity contribution is 9.10. The van der Waals surface area contributed by atoms with E-state index in [0.717, 1.165) is 15.9 Å². The molecule has 0 saturated carbocycles. The molecule has 5 heteroatoms. The van der Waals surface area contributed by atoms with E-state index in [1.165, 1.54) is 0 Å². The minimum Gasteiger partial charge on any atom is -0.454 e. The van der Waals surface area contributed by atoms with E-state index in [0.29, 0.717) is 5.75 Å². The second-order valence-corrected chi connectivity index (χ2v) is 4.15. The van der Waals surface area contributed by atoms with Crippen molar-refractivity contribution in [1.82, 2.24) is 9.97 Å². The number of aromatic nitrogens is 2. The summed E-state index contributed by atoms with van der Waals surface area (Å²) in [4.78, 5) is 7.91. The van der Waals surface area contributed by atoms with Crippen molar-refractivity contribution in [2.75, 3.05) is 5.73 Å². The van der Waals surface area contributed by atoms with Crippen LogP contribution in [0.2, 0.25) is 0 Å². The maximum absolute atomic E-state index is 5.62. The highest BCUT2D eigenvalue weighted by Gasteiger charge is 2.03. The molecule has 0 saturated heterocycles. The van der Waals surface area contributed by atoms with Crippen LogP contribution in [-0.4, -0.2) is 9.97 Å². The predicted octanol–water partition coefficient (Wildman–Crippen LogP) is 2.92. The van der Waals surface area contributed by atoms with Crippen molar-refractivity contribution in [2.45, 2.75) is 6.92 Å². The van der Waals surface area contributed by atoms with Gasteiger partial charge in [0.1, 0.15) is 5.75 Å². The lowest BCUT2D eigenvalue weighted by atomic mass is 10.3. The van der Waals surface area contributed by atoms with Crippen molar-refractivity contribution in [3.05, 3.63) is 40.6 Å². The van der Waals surface area contributed by atoms with Crippen molar-refractivity contribution in [2.24, 2.45) is 0 Å². The van der Waals surface area contributed by atoms with Crippen molar-refractivity contribution in [3.8, 4) is 11.5 Å². The summed E-state index contributed by atoms with van der Waals surface area (Å²) in [6, 6.07) is 7.53. The molecular formula is C11H10BrN3O. The SMILES string of the molecule is Cc1nc(N)ncc1Oc1ccc(Br)cc1. The van der Waals surface area contributed by atoms with E-state index in [1.54, 1.807) is 6.20 Å². The molecule has 0 aliphatic carbocycles. The lowest BCUT2D eigenvalue weighted by Gasteiger charge is -2.07. The molecule has 0 atom stereocenters. The molecule has 0 aliphatic heterocycles. The standard InChI is InChI=1S/C11H10BrN3O/c1-7-10(6-14-11(13)15-7)16-9-4-2-8(12)3-5-9/h2-6H,1H3,(H2,13,14,15). The molecule has 82 valence electrons. The third-order valence-electron chi connectivity index (χ3n) is 1.99. The molecular weight excluding hydrogens is 270 g/mol. The Bertz CT molecular complexity index is 499. The zero-order valence-corrected chi connectivity index (χ0v) is 10.2. The van der Waals surface area contributed by atoms with Gasteiger partial charge in [0.2, 0.25) is 5.95 Å². The van der Waals surface area contributed by atoms with Crippen LogP contribution in [0.3, 0.4) is 0 Å². The van der Waals surface area contributed by atoms with Crippen LogP contribution in [-0.2, 0) is 0 Å². The first-order valence-corrected chi connectivity index (χ1v) is 5.47. The number of hydrogen-bond acceptors (Lipinski definition) is 4. The summed E-state index contributed by atoms with van der Waals surface area (Å²) >= 11 is 3.36. The molecule has 0 spiro atoms. The minimum absolute atomic E-state index is 0.251. The largest absolute Gasteiger partial charge is 0.454 e. The van der Waals surface area contributed by atoms with Gasteiger partial charge in [0.05, 0.1) is 11.9 Å². The molecule has 0 aliphatic rings. The van der Waals surface area contributed by atoms with Gasteiger partial charge in [0.25, 0.3) is 0 Å². The average molecular weight is 280 g/mol. The highest BCUT2D eigenvalue weighted by Crippen LogP contribution is 2.24. The average Bonchev–Trinajstić information content (AvgIpc) is 2.25. The summed E-state index contributed by atoms with van der Waals surface area (Å²) < 4.78 is 6.62. The number of nitrogens with zero attached hydrogens (tertiary/aromatic N) is 2. The molecule has 2 aromatic rings. The van der Waals surface area contributed by atoms with E-state index in [1.807, 2.05) is 31.2 Å². The van der Waals surface area contributed by atoms with Crippen LogP contribution in [0.5, 0.6) is 11.5 Å². The number of aryl methyl sites for hydroxylation is 1. The molecule has 4 nitrogen and oxygen atoms in total. The van der Waals surface area contributed by atoms with Gasteiger partial charge in [-0.1, -0.05) is 15.9 Å². The number of nitrogen functional groups attached to an aromatic ring is 1. The fourth-order valence-corrected chi connectivity index (χ4v) is 1.47. The Labute approximate surface area is 102 Å². The van der Waals surface area contributed by atoms with Crippen molar-refractivity contribution >= 4 is 21.9 Å². The number of hydrogen-bond donors (Lipinski definition) is 1. The second kappa shape index (κ2) is 4.49. The van der Waals surface area contributed by atoms with Crippen LogP contribution in [0.4, 0.5) is 5.95 Å². The van der Waals surface area contributed by atoms with Gasteiger partial charge in [-0.05, 0) is 31.2 Å². The molecule has 16 heavy (non-hydrogen) atoms. The van der Waals surface area contributed by atoms with Gasteiger partial charge in [0, 0.05) is 4.47 Å². The van der Waals surface area contributed by atoms with Crippen LogP contribution in [0, 0.1) is 6.92 Å². The molecule has 2 rings (SSSR count). The third-order valence-corrected chi connectivity index (χ3v) is 2.52. The van der Waals surface area contributed by atoms with Gasteiger partial charge < -0.3 is 10.5 Å². The lowest BCUT2D eigenvalue weighted by molar-refractivity contribution is 0.473. The van der Waals surface area contributed by atoms with E-state index in [4.69, 9.17) is 10.5 Å². The zero-order valence-electron chi connectivity index (χ0n) is 8.64. The third kappa shape index (κ3) is 2.49. The normalized spacial score (nSPS) is 10.1. The smallest absolute Gasteiger partial charge is 0.220 e. The van der Waals surface area contributed by atoms with Crippen LogP contribution in [0.1, 0.15) is 5.69 Å². The van der Waals surface area contributed by atoms with E-state index >= 15 is 0 Å². The van der Waals surface area contributed by atoms with Crippen LogP contribution in [0.15, 0.2) is 34.9 Å². The Kier molecular flexibility index (Phi) is 3.05. The number of ether oxygens (including phenoxy) is 1. The number of rotatable bonds is 2. The van der Waals surface area contributed by atoms with Crippen LogP contribution < -0.4 is 10.5 Å². The maximum Gasteiger partial charge on any atom is 0.220 e. The monoisotopic (exact) mass is 279 g/mol. The summed E-state index contributed by atoms with van der Waals surface area (Å²) in [5.41, 5.74) is 6.17. The summed E-state index contributed by atoms with van der Waals surface area (Å²) in [5.74, 6) is 1.59. The van der Waals surface area contributed by atoms with Crippen molar-refractivity contribution in [1.29, 1.82) is 0 Å². The van der Waals surface area contributed by atoms with E-state index in [9.17, 15) is 0 Å². The molecule has 0 fully saturated rings. The molecule has 1 heterocycles. The first-order chi connectivity index (χ1) is 7.65. The van der Waals surface area contributed by atoms with E-state index in [2.05, 4.69) is 25.9 Å². The topological polar surface area (TPSA) is 61.0 Å². The first-order valence-electron chi connectivity index (χ1n) is 4.67. The highest BCUT2D eigenvalue weighted by atomic mass is 79.9. The lowest BCUT2D eigenvalue weighted by Crippen LogP contribution is -1.98. The van der Waals surface area contributed by atoms with Crippen LogP contribution >= 0.6 is 15.9 Å². The van der Waals surface area contributed by atoms with Crippen LogP contribution in [0.25, 0.3) is 0 Å². The molecule has 0 radical (unpaired) electrons. The summed E-state index contributed by atoms with van der Waals surface area (Å²) in [6.07, 6.45) is 1.57. The number of nitrogens with two attached hydrogens (primary N) is 1. The van der Waals surface area contributed by atoms with Gasteiger partial charge >= 0.3 is 0 Å². The van der Waals surface area contributed by atoms with Gasteiger partial charge in [0.15, 0.2) is 5.75 Å². The second-order valence-electron chi connectivity index (χ2n) is 3.23. The van der Waals surface area contributed by atoms with Crippen molar-refractivity contribution in [3.63, 3.8) is 0 Å². The van der Waals surface area contributed by atoms with Gasteiger partial charge in [-0.25, -0.2) is 9.97 Å². The van der Waals surface area contributed by atoms with Gasteiger partial charge in [-0.15, -0.1) is 0 Å².